The Labute approximate surface area is 154 Å². The second-order valence-electron chi connectivity index (χ2n) is 6.71. The molecule has 1 fully saturated rings. The summed E-state index contributed by atoms with van der Waals surface area (Å²) in [5.41, 5.74) is 1.19. The minimum atomic E-state index is 0.396. The number of aromatic nitrogens is 5. The summed E-state index contributed by atoms with van der Waals surface area (Å²) < 4.78 is 3.86. The van der Waals surface area contributed by atoms with E-state index in [1.807, 2.05) is 29.5 Å². The number of aryl methyl sites for hydroxylation is 2. The van der Waals surface area contributed by atoms with Gasteiger partial charge in [0.15, 0.2) is 5.96 Å². The van der Waals surface area contributed by atoms with Crippen molar-refractivity contribution in [1.29, 1.82) is 0 Å². The normalized spacial score (nSPS) is 18.2. The Morgan fingerprint density at radius 3 is 2.88 bits per heavy atom. The summed E-state index contributed by atoms with van der Waals surface area (Å²) in [6, 6.07) is 0.396. The van der Waals surface area contributed by atoms with E-state index in [1.165, 1.54) is 12.1 Å². The number of aliphatic imine (C=N–C) groups is 1. The Kier molecular flexibility index (Phi) is 6.45. The van der Waals surface area contributed by atoms with E-state index in [0.29, 0.717) is 6.04 Å². The predicted molar refractivity (Wildman–Crippen MR) is 102 cm³/mol. The SMILES string of the molecule is CN=C(NCCCCn1cnnc1)NC1CCCN(c2cnn(C)c2)C1. The van der Waals surface area contributed by atoms with Crippen LogP contribution in [0.4, 0.5) is 5.69 Å². The van der Waals surface area contributed by atoms with Crippen molar-refractivity contribution in [3.8, 4) is 0 Å². The number of anilines is 1. The lowest BCUT2D eigenvalue weighted by Crippen LogP contribution is -2.51. The maximum Gasteiger partial charge on any atom is 0.191 e. The number of piperidine rings is 1. The van der Waals surface area contributed by atoms with Gasteiger partial charge in [0.1, 0.15) is 12.7 Å². The molecule has 1 unspecified atom stereocenters. The lowest BCUT2D eigenvalue weighted by Gasteiger charge is -2.34. The molecule has 26 heavy (non-hydrogen) atoms. The monoisotopic (exact) mass is 359 g/mol. The lowest BCUT2D eigenvalue weighted by molar-refractivity contribution is 0.467. The summed E-state index contributed by atoms with van der Waals surface area (Å²) >= 11 is 0. The van der Waals surface area contributed by atoms with Crippen LogP contribution in [0.2, 0.25) is 0 Å². The number of nitrogens with one attached hydrogen (secondary N) is 2. The van der Waals surface area contributed by atoms with Crippen molar-refractivity contribution in [3.05, 3.63) is 25.0 Å². The summed E-state index contributed by atoms with van der Waals surface area (Å²) in [7, 11) is 3.78. The minimum absolute atomic E-state index is 0.396. The van der Waals surface area contributed by atoms with Gasteiger partial charge in [-0.2, -0.15) is 5.10 Å². The highest BCUT2D eigenvalue weighted by Crippen LogP contribution is 2.18. The molecule has 3 rings (SSSR count). The molecule has 0 saturated carbocycles. The molecule has 1 atom stereocenters. The zero-order chi connectivity index (χ0) is 18.2. The first-order valence-electron chi connectivity index (χ1n) is 9.28. The molecule has 2 aromatic rings. The van der Waals surface area contributed by atoms with E-state index < -0.39 is 0 Å². The Morgan fingerprint density at radius 1 is 1.31 bits per heavy atom. The van der Waals surface area contributed by atoms with Crippen LogP contribution in [0.25, 0.3) is 0 Å². The van der Waals surface area contributed by atoms with Gasteiger partial charge in [0.05, 0.1) is 11.9 Å². The Balaban J connectivity index is 1.38. The van der Waals surface area contributed by atoms with Crippen LogP contribution < -0.4 is 15.5 Å². The zero-order valence-electron chi connectivity index (χ0n) is 15.7. The molecule has 0 amide bonds. The van der Waals surface area contributed by atoms with Gasteiger partial charge in [0.2, 0.25) is 0 Å². The van der Waals surface area contributed by atoms with Gasteiger partial charge in [-0.05, 0) is 25.7 Å². The van der Waals surface area contributed by atoms with Crippen molar-refractivity contribution in [1.82, 2.24) is 35.2 Å². The molecule has 0 aliphatic carbocycles. The van der Waals surface area contributed by atoms with Gasteiger partial charge < -0.3 is 20.1 Å². The average molecular weight is 359 g/mol. The van der Waals surface area contributed by atoms with Crippen molar-refractivity contribution in [2.75, 3.05) is 31.6 Å². The van der Waals surface area contributed by atoms with Crippen LogP contribution in [0.1, 0.15) is 25.7 Å². The Bertz CT molecular complexity index is 676. The van der Waals surface area contributed by atoms with Crippen molar-refractivity contribution in [3.63, 3.8) is 0 Å². The standard InChI is InChI=1S/C17H29N9/c1-18-17(19-7-3-4-8-25-13-20-21-14-25)23-15-6-5-9-26(11-15)16-10-22-24(2)12-16/h10,12-15H,3-9,11H2,1-2H3,(H2,18,19,23). The fraction of sp³-hybridized carbons (Fsp3) is 0.647. The van der Waals surface area contributed by atoms with Crippen LogP contribution in [0.5, 0.6) is 0 Å². The van der Waals surface area contributed by atoms with Crippen molar-refractivity contribution < 1.29 is 0 Å². The summed E-state index contributed by atoms with van der Waals surface area (Å²) in [5, 5.41) is 18.9. The van der Waals surface area contributed by atoms with Crippen LogP contribution in [0.15, 0.2) is 30.0 Å². The fourth-order valence-electron chi connectivity index (χ4n) is 3.25. The molecule has 0 bridgehead atoms. The molecular formula is C17H29N9. The quantitative estimate of drug-likeness (QED) is 0.428. The smallest absolute Gasteiger partial charge is 0.191 e. The molecule has 0 spiro atoms. The average Bonchev–Trinajstić information content (AvgIpc) is 3.32. The molecule has 1 aliphatic rings. The number of guanidine groups is 1. The topological polar surface area (TPSA) is 88.2 Å². The largest absolute Gasteiger partial charge is 0.367 e. The fourth-order valence-corrected chi connectivity index (χ4v) is 3.25. The van der Waals surface area contributed by atoms with Gasteiger partial charge in [0.25, 0.3) is 0 Å². The summed E-state index contributed by atoms with van der Waals surface area (Å²) in [5.74, 6) is 0.882. The van der Waals surface area contributed by atoms with Gasteiger partial charge in [-0.3, -0.25) is 9.67 Å². The van der Waals surface area contributed by atoms with Crippen LogP contribution in [-0.4, -0.2) is 63.2 Å². The molecule has 9 heteroatoms. The van der Waals surface area contributed by atoms with Crippen molar-refractivity contribution in [2.45, 2.75) is 38.3 Å². The van der Waals surface area contributed by atoms with E-state index in [9.17, 15) is 0 Å². The number of hydrogen-bond acceptors (Lipinski definition) is 5. The number of nitrogens with zero attached hydrogens (tertiary/aromatic N) is 7. The molecule has 9 nitrogen and oxygen atoms in total. The highest BCUT2D eigenvalue weighted by Gasteiger charge is 2.21. The first-order chi connectivity index (χ1) is 12.7. The molecule has 2 aromatic heterocycles. The molecule has 0 radical (unpaired) electrons. The molecular weight excluding hydrogens is 330 g/mol. The zero-order valence-corrected chi connectivity index (χ0v) is 15.7. The van der Waals surface area contributed by atoms with Crippen LogP contribution >= 0.6 is 0 Å². The van der Waals surface area contributed by atoms with E-state index in [0.717, 1.165) is 51.4 Å². The van der Waals surface area contributed by atoms with E-state index >= 15 is 0 Å². The third-order valence-electron chi connectivity index (χ3n) is 4.64. The number of rotatable bonds is 7. The lowest BCUT2D eigenvalue weighted by atomic mass is 10.1. The molecule has 1 aliphatic heterocycles. The van der Waals surface area contributed by atoms with E-state index in [1.54, 1.807) is 12.7 Å². The Hall–Kier alpha value is -2.58. The van der Waals surface area contributed by atoms with Crippen molar-refractivity contribution >= 4 is 11.6 Å². The van der Waals surface area contributed by atoms with Gasteiger partial charge in [-0.25, -0.2) is 0 Å². The molecule has 3 heterocycles. The van der Waals surface area contributed by atoms with Gasteiger partial charge in [0, 0.05) is 52.5 Å². The van der Waals surface area contributed by atoms with Crippen LogP contribution in [0, 0.1) is 0 Å². The van der Waals surface area contributed by atoms with Gasteiger partial charge >= 0.3 is 0 Å². The summed E-state index contributed by atoms with van der Waals surface area (Å²) in [4.78, 5) is 6.76. The summed E-state index contributed by atoms with van der Waals surface area (Å²) in [6.45, 7) is 3.91. The van der Waals surface area contributed by atoms with E-state index in [-0.39, 0.29) is 0 Å². The van der Waals surface area contributed by atoms with E-state index in [2.05, 4.69) is 42.0 Å². The van der Waals surface area contributed by atoms with Gasteiger partial charge in [-0.1, -0.05) is 0 Å². The maximum atomic E-state index is 4.37. The van der Waals surface area contributed by atoms with Gasteiger partial charge in [-0.15, -0.1) is 10.2 Å². The van der Waals surface area contributed by atoms with E-state index in [4.69, 9.17) is 0 Å². The second kappa shape index (κ2) is 9.21. The highest BCUT2D eigenvalue weighted by molar-refractivity contribution is 5.80. The molecule has 2 N–H and O–H groups in total. The van der Waals surface area contributed by atoms with Crippen molar-refractivity contribution in [2.24, 2.45) is 12.0 Å². The number of unbranched alkanes of at least 4 members (excludes halogenated alkanes) is 1. The first-order valence-corrected chi connectivity index (χ1v) is 9.28. The molecule has 142 valence electrons. The second-order valence-corrected chi connectivity index (χ2v) is 6.71. The number of hydrogen-bond donors (Lipinski definition) is 2. The first kappa shape index (κ1) is 18.2. The Morgan fingerprint density at radius 2 is 2.15 bits per heavy atom. The van der Waals surface area contributed by atoms with Crippen LogP contribution in [0.3, 0.4) is 0 Å². The minimum Gasteiger partial charge on any atom is -0.367 e. The molecule has 0 aromatic carbocycles. The molecule has 1 saturated heterocycles. The predicted octanol–water partition coefficient (Wildman–Crippen LogP) is 0.626. The highest BCUT2D eigenvalue weighted by atomic mass is 15.3. The summed E-state index contributed by atoms with van der Waals surface area (Å²) in [6.07, 6.45) is 12.0. The third-order valence-corrected chi connectivity index (χ3v) is 4.64. The third kappa shape index (κ3) is 5.21. The van der Waals surface area contributed by atoms with Crippen LogP contribution in [-0.2, 0) is 13.6 Å². The maximum absolute atomic E-state index is 4.37.